The van der Waals surface area contributed by atoms with Crippen molar-refractivity contribution < 1.29 is 29.0 Å². The number of carbonyl (C=O) groups is 3. The summed E-state index contributed by atoms with van der Waals surface area (Å²) in [5, 5.41) is 12.9. The number of hydrogen-bond acceptors (Lipinski definition) is 7. The Morgan fingerprint density at radius 3 is 2.49 bits per heavy atom. The van der Waals surface area contributed by atoms with E-state index in [0.717, 1.165) is 28.1 Å². The third-order valence-corrected chi connectivity index (χ3v) is 12.4. The fraction of sp³-hybridized carbons (Fsp3) is 0.417. The van der Waals surface area contributed by atoms with E-state index < -0.39 is 31.5 Å². The minimum absolute atomic E-state index is 0.00636. The second-order valence-electron chi connectivity index (χ2n) is 13.4. The minimum Gasteiger partial charge on any atom is -0.432 e. The number of nitrogens with one attached hydrogen (secondary N) is 1. The molecule has 10 nitrogen and oxygen atoms in total. The Morgan fingerprint density at radius 1 is 1.04 bits per heavy atom. The molecule has 0 bridgehead atoms. The molecule has 2 fully saturated rings. The number of aliphatic hydroxyl groups is 1. The number of fused-ring (bicyclic) bond motifs is 2. The number of para-hydroxylation sites is 1. The van der Waals surface area contributed by atoms with Crippen molar-refractivity contribution in [2.45, 2.75) is 56.8 Å². The number of aliphatic hydroxyl groups excluding tert-OH is 1. The summed E-state index contributed by atoms with van der Waals surface area (Å²) in [6, 6.07) is 25.0. The van der Waals surface area contributed by atoms with E-state index in [4.69, 9.17) is 4.74 Å². The van der Waals surface area contributed by atoms with Crippen molar-refractivity contribution in [3.8, 4) is 0 Å². The fourth-order valence-electron chi connectivity index (χ4n) is 7.79. The van der Waals surface area contributed by atoms with E-state index in [-0.39, 0.29) is 43.8 Å². The van der Waals surface area contributed by atoms with Gasteiger partial charge < -0.3 is 34.7 Å². The molecule has 0 saturated carbocycles. The lowest BCUT2D eigenvalue weighted by molar-refractivity contribution is -0.150. The first-order valence-electron chi connectivity index (χ1n) is 16.4. The average Bonchev–Trinajstić information content (AvgIpc) is 3.48. The zero-order valence-corrected chi connectivity index (χ0v) is 28.3. The van der Waals surface area contributed by atoms with E-state index in [1.807, 2.05) is 98.9 Å². The van der Waals surface area contributed by atoms with Gasteiger partial charge in [-0.25, -0.2) is 0 Å². The van der Waals surface area contributed by atoms with Gasteiger partial charge in [-0.3, -0.25) is 14.4 Å². The van der Waals surface area contributed by atoms with Gasteiger partial charge >= 0.3 is 0 Å². The van der Waals surface area contributed by atoms with E-state index in [9.17, 15) is 24.3 Å². The Bertz CT molecular complexity index is 1630. The van der Waals surface area contributed by atoms with E-state index in [1.54, 1.807) is 14.7 Å². The van der Waals surface area contributed by atoms with Crippen molar-refractivity contribution in [2.75, 3.05) is 42.6 Å². The normalized spacial score (nSPS) is 24.2. The van der Waals surface area contributed by atoms with Gasteiger partial charge in [0.15, 0.2) is 13.9 Å². The molecular weight excluding hydrogens is 613 g/mol. The summed E-state index contributed by atoms with van der Waals surface area (Å²) >= 11 is 0. The van der Waals surface area contributed by atoms with Crippen molar-refractivity contribution in [1.29, 1.82) is 0 Å². The van der Waals surface area contributed by atoms with Crippen molar-refractivity contribution in [3.05, 3.63) is 95.6 Å². The molecule has 3 aromatic rings. The number of piperazine rings is 1. The number of rotatable bonds is 10. The lowest BCUT2D eigenvalue weighted by Crippen LogP contribution is -2.48. The lowest BCUT2D eigenvalue weighted by atomic mass is 9.82. The third-order valence-electron chi connectivity index (χ3n) is 9.86. The molecule has 3 amide bonds. The fourth-order valence-corrected chi connectivity index (χ4v) is 10.3. The van der Waals surface area contributed by atoms with Crippen molar-refractivity contribution in [1.82, 2.24) is 10.2 Å². The first-order chi connectivity index (χ1) is 22.5. The van der Waals surface area contributed by atoms with Crippen LogP contribution in [0, 0.1) is 5.92 Å². The summed E-state index contributed by atoms with van der Waals surface area (Å²) in [5.41, 5.74) is 2.32. The quantitative estimate of drug-likeness (QED) is 0.286. The summed E-state index contributed by atoms with van der Waals surface area (Å²) < 4.78 is 6.86. The smallest absolute Gasteiger partial charge is 0.264 e. The number of ether oxygens (including phenoxy) is 1. The number of anilines is 2. The van der Waals surface area contributed by atoms with E-state index in [1.165, 1.54) is 0 Å². The lowest BCUT2D eigenvalue weighted by Gasteiger charge is -2.32. The van der Waals surface area contributed by atoms with Gasteiger partial charge in [-0.15, -0.1) is 0 Å². The van der Waals surface area contributed by atoms with Crippen molar-refractivity contribution in [2.24, 2.45) is 5.92 Å². The summed E-state index contributed by atoms with van der Waals surface area (Å²) in [6.45, 7) is 7.83. The maximum atomic E-state index is 14.8. The van der Waals surface area contributed by atoms with Crippen LogP contribution in [0.2, 0.25) is 18.6 Å². The Balaban J connectivity index is 1.30. The Hall–Kier alpha value is -3.87. The maximum absolute atomic E-state index is 14.8. The second kappa shape index (κ2) is 13.3. The molecule has 3 N–H and O–H groups in total. The van der Waals surface area contributed by atoms with Crippen LogP contribution in [0.4, 0.5) is 11.4 Å². The second-order valence-corrected chi connectivity index (χ2v) is 17.4. The van der Waals surface area contributed by atoms with Gasteiger partial charge in [0.25, 0.3) is 5.91 Å². The predicted octanol–water partition coefficient (Wildman–Crippen LogP) is 3.38. The van der Waals surface area contributed by atoms with Gasteiger partial charge in [0.2, 0.25) is 11.8 Å². The molecule has 0 unspecified atom stereocenters. The van der Waals surface area contributed by atoms with Crippen LogP contribution >= 0.6 is 0 Å². The largest absolute Gasteiger partial charge is 0.432 e. The molecule has 3 aliphatic heterocycles. The minimum atomic E-state index is -2.98. The number of benzene rings is 3. The molecule has 3 heterocycles. The van der Waals surface area contributed by atoms with Crippen LogP contribution in [0.15, 0.2) is 78.9 Å². The van der Waals surface area contributed by atoms with Gasteiger partial charge in [-0.05, 0) is 42.4 Å². The highest BCUT2D eigenvalue weighted by molar-refractivity contribution is 6.71. The van der Waals surface area contributed by atoms with Crippen LogP contribution in [-0.4, -0.2) is 79.7 Å². The third kappa shape index (κ3) is 6.26. The summed E-state index contributed by atoms with van der Waals surface area (Å²) in [7, 11) is -2.98. The highest BCUT2D eigenvalue weighted by Crippen LogP contribution is 2.59. The molecule has 11 heteroatoms. The first-order valence-corrected chi connectivity index (χ1v) is 19.4. The van der Waals surface area contributed by atoms with Crippen LogP contribution < -0.4 is 15.1 Å². The predicted molar refractivity (Wildman–Crippen MR) is 182 cm³/mol. The summed E-state index contributed by atoms with van der Waals surface area (Å²) in [6.07, 6.45) is -0.711. The standard InChI is InChI=1S/C36H44N4O6Si/c1-25-34(47(2,3)45)31(21-32(42)38(18-19-41)23-26-10-5-4-6-11-26)46-36(25)29-14-7-8-15-30(29)40(35(36)44)24-27-12-9-13-28(20-27)39-17-16-37-22-33(39)43/h4-15,20,25,31,34,37,41,45H,16-19,21-24H2,1-3H3/t25-,31+,34-,36+/m1/s1. The van der Waals surface area contributed by atoms with E-state index in [0.29, 0.717) is 26.2 Å². The van der Waals surface area contributed by atoms with Crippen molar-refractivity contribution in [3.63, 3.8) is 0 Å². The van der Waals surface area contributed by atoms with Gasteiger partial charge in [0, 0.05) is 48.9 Å². The number of nitrogens with zero attached hydrogens (tertiary/aromatic N) is 3. The molecule has 248 valence electrons. The monoisotopic (exact) mass is 656 g/mol. The first kappa shape index (κ1) is 33.0. The maximum Gasteiger partial charge on any atom is 0.264 e. The topological polar surface area (TPSA) is 123 Å². The van der Waals surface area contributed by atoms with Gasteiger partial charge in [0.1, 0.15) is 0 Å². The van der Waals surface area contributed by atoms with E-state index in [2.05, 4.69) is 5.32 Å². The SMILES string of the molecule is C[C@@H]1[C@@H]([Si](C)(C)O)[C@H](CC(=O)N(CCO)Cc2ccccc2)O[C@@]12C(=O)N(Cc1cccc(N3CCNCC3=O)c1)c1ccccc12. The molecule has 3 aliphatic rings. The Labute approximate surface area is 277 Å². The van der Waals surface area contributed by atoms with Gasteiger partial charge in [-0.2, -0.15) is 0 Å². The zero-order valence-electron chi connectivity index (χ0n) is 27.3. The number of hydrogen-bond donors (Lipinski definition) is 3. The van der Waals surface area contributed by atoms with E-state index >= 15 is 0 Å². The average molecular weight is 657 g/mol. The molecule has 47 heavy (non-hydrogen) atoms. The molecule has 3 aromatic carbocycles. The van der Waals surface area contributed by atoms with Crippen LogP contribution in [0.5, 0.6) is 0 Å². The summed E-state index contributed by atoms with van der Waals surface area (Å²) in [4.78, 5) is 57.9. The van der Waals surface area contributed by atoms with Crippen LogP contribution in [-0.2, 0) is 37.8 Å². The molecule has 1 spiro atoms. The molecule has 6 rings (SSSR count). The molecule has 0 aromatic heterocycles. The zero-order chi connectivity index (χ0) is 33.3. The molecule has 4 atom stereocenters. The van der Waals surface area contributed by atoms with Crippen LogP contribution in [0.25, 0.3) is 0 Å². The number of amides is 3. The molecular formula is C36H44N4O6Si. The van der Waals surface area contributed by atoms with Gasteiger partial charge in [0.05, 0.1) is 37.9 Å². The van der Waals surface area contributed by atoms with Crippen molar-refractivity contribution >= 4 is 37.4 Å². The Morgan fingerprint density at radius 2 is 1.77 bits per heavy atom. The highest BCUT2D eigenvalue weighted by Gasteiger charge is 2.66. The Kier molecular flexibility index (Phi) is 9.37. The van der Waals surface area contributed by atoms with Gasteiger partial charge in [-0.1, -0.05) is 67.6 Å². The molecule has 0 radical (unpaired) electrons. The van der Waals surface area contributed by atoms with Crippen LogP contribution in [0.3, 0.4) is 0 Å². The summed E-state index contributed by atoms with van der Waals surface area (Å²) in [5.74, 6) is -0.817. The molecule has 0 aliphatic carbocycles. The van der Waals surface area contributed by atoms with Crippen LogP contribution in [0.1, 0.15) is 30.0 Å². The number of carbonyl (C=O) groups excluding carboxylic acids is 3. The highest BCUT2D eigenvalue weighted by atomic mass is 28.4. The molecule has 2 saturated heterocycles.